The Labute approximate surface area is 80.7 Å². The first kappa shape index (κ1) is 9.47. The molecule has 0 amide bonds. The monoisotopic (exact) mass is 183 g/mol. The highest BCUT2D eigenvalue weighted by atomic mass is 16.3. The van der Waals surface area contributed by atoms with Crippen molar-refractivity contribution in [3.63, 3.8) is 0 Å². The molecule has 2 N–H and O–H groups in total. The van der Waals surface area contributed by atoms with Gasteiger partial charge in [0, 0.05) is 0 Å². The number of hydrogen-bond acceptors (Lipinski definition) is 2. The van der Waals surface area contributed by atoms with Gasteiger partial charge in [-0.25, -0.2) is 0 Å². The third-order valence-corrected chi connectivity index (χ3v) is 3.76. The van der Waals surface area contributed by atoms with Gasteiger partial charge in [0.1, 0.15) is 0 Å². The van der Waals surface area contributed by atoms with Crippen molar-refractivity contribution in [2.45, 2.75) is 50.5 Å². The van der Waals surface area contributed by atoms with E-state index < -0.39 is 0 Å². The quantitative estimate of drug-likeness (QED) is 0.697. The van der Waals surface area contributed by atoms with Gasteiger partial charge in [-0.2, -0.15) is 0 Å². The maximum absolute atomic E-state index is 9.93. The minimum Gasteiger partial charge on any atom is -0.390 e. The van der Waals surface area contributed by atoms with Gasteiger partial charge in [-0.05, 0) is 64.0 Å². The number of nitrogens with one attached hydrogen (secondary N) is 1. The molecule has 76 valence electrons. The van der Waals surface area contributed by atoms with Crippen LogP contribution >= 0.6 is 0 Å². The number of aliphatic hydroxyl groups is 1. The molecule has 0 spiro atoms. The van der Waals surface area contributed by atoms with Crippen LogP contribution in [0.3, 0.4) is 0 Å². The van der Waals surface area contributed by atoms with Crippen molar-refractivity contribution in [1.29, 1.82) is 0 Å². The third kappa shape index (κ3) is 2.44. The summed E-state index contributed by atoms with van der Waals surface area (Å²) in [6.45, 7) is 2.37. The van der Waals surface area contributed by atoms with Gasteiger partial charge < -0.3 is 10.4 Å². The molecule has 0 aromatic carbocycles. The standard InChI is InChI=1S/C11H21NO/c13-11(5-1-6-11)7-2-10-3-8-12-9-4-10/h10,12-13H,1-9H2. The molecule has 2 aliphatic rings. The average molecular weight is 183 g/mol. The molecule has 0 atom stereocenters. The van der Waals surface area contributed by atoms with Gasteiger partial charge in [-0.1, -0.05) is 0 Å². The first-order valence-corrected chi connectivity index (χ1v) is 5.72. The van der Waals surface area contributed by atoms with E-state index >= 15 is 0 Å². The molecule has 1 heterocycles. The summed E-state index contributed by atoms with van der Waals surface area (Å²) in [4.78, 5) is 0. The molecule has 0 aromatic rings. The van der Waals surface area contributed by atoms with Crippen molar-refractivity contribution in [3.8, 4) is 0 Å². The first-order chi connectivity index (χ1) is 6.29. The second kappa shape index (κ2) is 3.97. The molecule has 0 bridgehead atoms. The number of piperidine rings is 1. The van der Waals surface area contributed by atoms with E-state index in [0.29, 0.717) is 0 Å². The highest BCUT2D eigenvalue weighted by Gasteiger charge is 2.34. The molecule has 0 aromatic heterocycles. The van der Waals surface area contributed by atoms with Crippen LogP contribution in [0.2, 0.25) is 0 Å². The van der Waals surface area contributed by atoms with Gasteiger partial charge in [-0.15, -0.1) is 0 Å². The average Bonchev–Trinajstić information content (AvgIpc) is 2.13. The summed E-state index contributed by atoms with van der Waals surface area (Å²) in [5.41, 5.74) is -0.245. The van der Waals surface area contributed by atoms with Crippen LogP contribution in [0.5, 0.6) is 0 Å². The van der Waals surface area contributed by atoms with Gasteiger partial charge in [-0.3, -0.25) is 0 Å². The first-order valence-electron chi connectivity index (χ1n) is 5.72. The van der Waals surface area contributed by atoms with E-state index in [-0.39, 0.29) is 5.60 Å². The summed E-state index contributed by atoms with van der Waals surface area (Å²) in [5.74, 6) is 0.880. The van der Waals surface area contributed by atoms with Gasteiger partial charge in [0.15, 0.2) is 0 Å². The molecule has 1 saturated carbocycles. The van der Waals surface area contributed by atoms with Crippen molar-refractivity contribution in [2.75, 3.05) is 13.1 Å². The Hall–Kier alpha value is -0.0800. The highest BCUT2D eigenvalue weighted by Crippen LogP contribution is 2.37. The maximum Gasteiger partial charge on any atom is 0.0648 e. The molecule has 2 fully saturated rings. The van der Waals surface area contributed by atoms with E-state index in [1.165, 1.54) is 38.8 Å². The topological polar surface area (TPSA) is 32.3 Å². The molecule has 1 aliphatic carbocycles. The Bertz CT molecular complexity index is 159. The zero-order chi connectivity index (χ0) is 9.15. The zero-order valence-electron chi connectivity index (χ0n) is 8.39. The van der Waals surface area contributed by atoms with E-state index in [4.69, 9.17) is 0 Å². The molecule has 1 saturated heterocycles. The molecule has 0 radical (unpaired) electrons. The lowest BCUT2D eigenvalue weighted by atomic mass is 9.75. The fraction of sp³-hybridized carbons (Fsp3) is 1.00. The Morgan fingerprint density at radius 3 is 2.46 bits per heavy atom. The number of rotatable bonds is 3. The summed E-state index contributed by atoms with van der Waals surface area (Å²) in [6, 6.07) is 0. The Morgan fingerprint density at radius 2 is 1.92 bits per heavy atom. The lowest BCUT2D eigenvalue weighted by Gasteiger charge is -2.38. The van der Waals surface area contributed by atoms with E-state index in [2.05, 4.69) is 5.32 Å². The lowest BCUT2D eigenvalue weighted by Crippen LogP contribution is -2.37. The second-order valence-electron chi connectivity index (χ2n) is 4.81. The van der Waals surface area contributed by atoms with Crippen LogP contribution in [0, 0.1) is 5.92 Å². The van der Waals surface area contributed by atoms with Crippen LogP contribution in [0.15, 0.2) is 0 Å². The molecule has 13 heavy (non-hydrogen) atoms. The van der Waals surface area contributed by atoms with Crippen molar-refractivity contribution in [2.24, 2.45) is 5.92 Å². The van der Waals surface area contributed by atoms with Crippen LogP contribution in [-0.2, 0) is 0 Å². The lowest BCUT2D eigenvalue weighted by molar-refractivity contribution is -0.0453. The smallest absolute Gasteiger partial charge is 0.0648 e. The molecule has 1 aliphatic heterocycles. The van der Waals surface area contributed by atoms with Gasteiger partial charge in [0.05, 0.1) is 5.60 Å². The Morgan fingerprint density at radius 1 is 1.23 bits per heavy atom. The predicted molar refractivity (Wildman–Crippen MR) is 53.6 cm³/mol. The molecule has 2 heteroatoms. The van der Waals surface area contributed by atoms with Crippen molar-refractivity contribution in [3.05, 3.63) is 0 Å². The summed E-state index contributed by atoms with van der Waals surface area (Å²) in [5, 5.41) is 13.3. The van der Waals surface area contributed by atoms with E-state index in [9.17, 15) is 5.11 Å². The molecule has 2 nitrogen and oxygen atoms in total. The highest BCUT2D eigenvalue weighted by molar-refractivity contribution is 4.88. The van der Waals surface area contributed by atoms with Crippen LogP contribution < -0.4 is 5.32 Å². The summed E-state index contributed by atoms with van der Waals surface area (Å²) in [6.07, 6.45) is 8.28. The van der Waals surface area contributed by atoms with E-state index in [0.717, 1.165) is 25.2 Å². The minimum atomic E-state index is -0.245. The second-order valence-corrected chi connectivity index (χ2v) is 4.81. The van der Waals surface area contributed by atoms with Gasteiger partial charge >= 0.3 is 0 Å². The van der Waals surface area contributed by atoms with Crippen LogP contribution in [-0.4, -0.2) is 23.8 Å². The molecule has 2 rings (SSSR count). The fourth-order valence-corrected chi connectivity index (χ4v) is 2.48. The fourth-order valence-electron chi connectivity index (χ4n) is 2.48. The Kier molecular flexibility index (Phi) is 2.89. The maximum atomic E-state index is 9.93. The normalized spacial score (nSPS) is 28.4. The SMILES string of the molecule is OC1(CCC2CCNCC2)CCC1. The van der Waals surface area contributed by atoms with E-state index in [1.807, 2.05) is 0 Å². The number of hydrogen-bond donors (Lipinski definition) is 2. The van der Waals surface area contributed by atoms with Gasteiger partial charge in [0.25, 0.3) is 0 Å². The minimum absolute atomic E-state index is 0.245. The summed E-state index contributed by atoms with van der Waals surface area (Å²) < 4.78 is 0. The third-order valence-electron chi connectivity index (χ3n) is 3.76. The Balaban J connectivity index is 1.66. The zero-order valence-corrected chi connectivity index (χ0v) is 8.39. The largest absolute Gasteiger partial charge is 0.390 e. The predicted octanol–water partition coefficient (Wildman–Crippen LogP) is 1.68. The van der Waals surface area contributed by atoms with E-state index in [1.54, 1.807) is 0 Å². The molecular formula is C11H21NO. The van der Waals surface area contributed by atoms with Gasteiger partial charge in [0.2, 0.25) is 0 Å². The van der Waals surface area contributed by atoms with Crippen LogP contribution in [0.1, 0.15) is 44.9 Å². The molecule has 0 unspecified atom stereocenters. The van der Waals surface area contributed by atoms with Crippen molar-refractivity contribution >= 4 is 0 Å². The van der Waals surface area contributed by atoms with Crippen LogP contribution in [0.25, 0.3) is 0 Å². The summed E-state index contributed by atoms with van der Waals surface area (Å²) in [7, 11) is 0. The van der Waals surface area contributed by atoms with Crippen molar-refractivity contribution in [1.82, 2.24) is 5.32 Å². The van der Waals surface area contributed by atoms with Crippen molar-refractivity contribution < 1.29 is 5.11 Å². The van der Waals surface area contributed by atoms with Crippen LogP contribution in [0.4, 0.5) is 0 Å². The molecular weight excluding hydrogens is 162 g/mol. The summed E-state index contributed by atoms with van der Waals surface area (Å²) >= 11 is 0.